The first-order valence-electron chi connectivity index (χ1n) is 11.5. The van der Waals surface area contributed by atoms with Gasteiger partial charge in [0.05, 0.1) is 18.5 Å². The molecule has 0 aliphatic heterocycles. The van der Waals surface area contributed by atoms with Crippen LogP contribution in [0, 0.1) is 20.8 Å². The number of methoxy groups -OCH3 is 1. The van der Waals surface area contributed by atoms with E-state index in [9.17, 15) is 9.59 Å². The first-order chi connectivity index (χ1) is 16.3. The molecule has 2 aromatic heterocycles. The van der Waals surface area contributed by atoms with Gasteiger partial charge in [0, 0.05) is 29.6 Å². The Morgan fingerprint density at radius 3 is 2.41 bits per heavy atom. The zero-order chi connectivity index (χ0) is 24.4. The molecule has 0 atom stereocenters. The Morgan fingerprint density at radius 1 is 1.06 bits per heavy atom. The third-order valence-electron chi connectivity index (χ3n) is 6.26. The van der Waals surface area contributed by atoms with Crippen LogP contribution in [0.3, 0.4) is 0 Å². The number of aromatic nitrogens is 3. The van der Waals surface area contributed by atoms with Gasteiger partial charge in [-0.15, -0.1) is 0 Å². The molecule has 1 N–H and O–H groups in total. The molecule has 0 fully saturated rings. The van der Waals surface area contributed by atoms with Gasteiger partial charge in [0.2, 0.25) is 5.91 Å². The fourth-order valence-electron chi connectivity index (χ4n) is 4.47. The van der Waals surface area contributed by atoms with E-state index in [-0.39, 0.29) is 17.9 Å². The quantitative estimate of drug-likeness (QED) is 0.435. The average Bonchev–Trinajstić information content (AvgIpc) is 3.17. The Morgan fingerprint density at radius 2 is 1.76 bits per heavy atom. The minimum atomic E-state index is -0.139. The molecule has 2 aromatic carbocycles. The summed E-state index contributed by atoms with van der Waals surface area (Å²) in [4.78, 5) is 26.1. The first-order valence-corrected chi connectivity index (χ1v) is 11.5. The van der Waals surface area contributed by atoms with Crippen molar-refractivity contribution in [2.75, 3.05) is 12.4 Å². The highest BCUT2D eigenvalue weighted by molar-refractivity contribution is 5.91. The molecule has 0 saturated carbocycles. The number of pyridine rings is 1. The van der Waals surface area contributed by atoms with Gasteiger partial charge in [-0.1, -0.05) is 18.2 Å². The SMILES string of the molecule is CCn1c(=O)c(CCC(=O)Nc2ccc(OC)cc2)c(C)c2c(C)nn(-c3ccccc3C)c21. The Hall–Kier alpha value is -3.87. The zero-order valence-corrected chi connectivity index (χ0v) is 20.3. The van der Waals surface area contributed by atoms with Crippen molar-refractivity contribution in [1.82, 2.24) is 14.3 Å². The summed E-state index contributed by atoms with van der Waals surface area (Å²) in [6, 6.07) is 15.2. The van der Waals surface area contributed by atoms with Crippen LogP contribution in [-0.4, -0.2) is 27.4 Å². The maximum atomic E-state index is 13.5. The number of ether oxygens (including phenoxy) is 1. The van der Waals surface area contributed by atoms with Crippen molar-refractivity contribution in [2.45, 2.75) is 47.1 Å². The maximum absolute atomic E-state index is 13.5. The monoisotopic (exact) mass is 458 g/mol. The predicted octanol–water partition coefficient (Wildman–Crippen LogP) is 4.71. The molecule has 4 aromatic rings. The molecule has 0 saturated heterocycles. The highest BCUT2D eigenvalue weighted by Gasteiger charge is 2.21. The number of aryl methyl sites for hydroxylation is 4. The number of anilines is 1. The van der Waals surface area contributed by atoms with Crippen LogP contribution in [0.5, 0.6) is 5.75 Å². The van der Waals surface area contributed by atoms with Crippen LogP contribution in [0.1, 0.15) is 35.7 Å². The van der Waals surface area contributed by atoms with Crippen LogP contribution in [-0.2, 0) is 17.8 Å². The van der Waals surface area contributed by atoms with Crippen molar-refractivity contribution >= 4 is 22.6 Å². The van der Waals surface area contributed by atoms with E-state index >= 15 is 0 Å². The molecule has 34 heavy (non-hydrogen) atoms. The highest BCUT2D eigenvalue weighted by Crippen LogP contribution is 2.27. The molecule has 7 heteroatoms. The summed E-state index contributed by atoms with van der Waals surface area (Å²) in [6.45, 7) is 8.43. The standard InChI is InChI=1S/C27H30N4O3/c1-6-30-26-25(19(4)29-31(26)23-10-8-7-9-17(23)2)18(3)22(27(30)33)15-16-24(32)28-20-11-13-21(34-5)14-12-20/h7-14H,6,15-16H2,1-5H3,(H,28,32). The topological polar surface area (TPSA) is 78.2 Å². The molecule has 0 radical (unpaired) electrons. The minimum absolute atomic E-state index is 0.0699. The van der Waals surface area contributed by atoms with Crippen LogP contribution in [0.4, 0.5) is 5.69 Å². The van der Waals surface area contributed by atoms with Crippen molar-refractivity contribution in [2.24, 2.45) is 0 Å². The van der Waals surface area contributed by atoms with E-state index in [4.69, 9.17) is 9.84 Å². The van der Waals surface area contributed by atoms with Crippen LogP contribution in [0.25, 0.3) is 16.7 Å². The van der Waals surface area contributed by atoms with Gasteiger partial charge in [-0.3, -0.25) is 14.2 Å². The van der Waals surface area contributed by atoms with Crippen molar-refractivity contribution < 1.29 is 9.53 Å². The maximum Gasteiger partial charge on any atom is 0.255 e. The minimum Gasteiger partial charge on any atom is -0.497 e. The largest absolute Gasteiger partial charge is 0.497 e. The van der Waals surface area contributed by atoms with Gasteiger partial charge in [0.15, 0.2) is 0 Å². The van der Waals surface area contributed by atoms with E-state index in [0.29, 0.717) is 24.2 Å². The van der Waals surface area contributed by atoms with Crippen molar-refractivity contribution in [3.8, 4) is 11.4 Å². The first kappa shape index (κ1) is 23.3. The lowest BCUT2D eigenvalue weighted by Gasteiger charge is -2.15. The number of rotatable bonds is 7. The van der Waals surface area contributed by atoms with E-state index in [1.54, 1.807) is 35.9 Å². The van der Waals surface area contributed by atoms with Crippen molar-refractivity contribution in [1.29, 1.82) is 0 Å². The lowest BCUT2D eigenvalue weighted by atomic mass is 10.0. The predicted molar refractivity (Wildman–Crippen MR) is 135 cm³/mol. The summed E-state index contributed by atoms with van der Waals surface area (Å²) in [5.74, 6) is 0.586. The van der Waals surface area contributed by atoms with Crippen LogP contribution in [0.2, 0.25) is 0 Å². The molecule has 176 valence electrons. The number of fused-ring (bicyclic) bond motifs is 1. The number of para-hydroxylation sites is 1. The molecule has 7 nitrogen and oxygen atoms in total. The number of carbonyl (C=O) groups is 1. The third-order valence-corrected chi connectivity index (χ3v) is 6.26. The van der Waals surface area contributed by atoms with Crippen molar-refractivity contribution in [3.63, 3.8) is 0 Å². The van der Waals surface area contributed by atoms with Gasteiger partial charge in [0.1, 0.15) is 11.4 Å². The van der Waals surface area contributed by atoms with Crippen LogP contribution >= 0.6 is 0 Å². The molecule has 4 rings (SSSR count). The highest BCUT2D eigenvalue weighted by atomic mass is 16.5. The van der Waals surface area contributed by atoms with Gasteiger partial charge in [-0.2, -0.15) is 5.10 Å². The summed E-state index contributed by atoms with van der Waals surface area (Å²) in [7, 11) is 1.60. The van der Waals surface area contributed by atoms with E-state index in [1.807, 2.05) is 56.6 Å². The molecule has 1 amide bonds. The normalized spacial score (nSPS) is 11.1. The second-order valence-electron chi connectivity index (χ2n) is 8.41. The van der Waals surface area contributed by atoms with E-state index in [0.717, 1.165) is 39.3 Å². The van der Waals surface area contributed by atoms with E-state index in [1.165, 1.54) is 0 Å². The molecule has 0 aliphatic rings. The number of hydrogen-bond acceptors (Lipinski definition) is 4. The Bertz CT molecular complexity index is 1410. The van der Waals surface area contributed by atoms with Gasteiger partial charge in [-0.25, -0.2) is 4.68 Å². The summed E-state index contributed by atoms with van der Waals surface area (Å²) in [6.07, 6.45) is 0.569. The molecule has 0 aliphatic carbocycles. The third kappa shape index (κ3) is 4.21. The van der Waals surface area contributed by atoms with Crippen molar-refractivity contribution in [3.05, 3.63) is 81.3 Å². The van der Waals surface area contributed by atoms with Gasteiger partial charge < -0.3 is 10.1 Å². The van der Waals surface area contributed by atoms with Gasteiger partial charge in [0.25, 0.3) is 5.56 Å². The average molecular weight is 459 g/mol. The Balaban J connectivity index is 1.69. The number of amides is 1. The van der Waals surface area contributed by atoms with Gasteiger partial charge in [-0.05, 0) is 75.6 Å². The number of carbonyl (C=O) groups excluding carboxylic acids is 1. The second kappa shape index (κ2) is 9.55. The van der Waals surface area contributed by atoms with Crippen LogP contribution in [0.15, 0.2) is 53.3 Å². The second-order valence-corrected chi connectivity index (χ2v) is 8.41. The Kier molecular flexibility index (Phi) is 6.54. The smallest absolute Gasteiger partial charge is 0.255 e. The summed E-state index contributed by atoms with van der Waals surface area (Å²) >= 11 is 0. The molecule has 2 heterocycles. The number of hydrogen-bond donors (Lipinski definition) is 1. The van der Waals surface area contributed by atoms with Gasteiger partial charge >= 0.3 is 0 Å². The lowest BCUT2D eigenvalue weighted by molar-refractivity contribution is -0.116. The molecular formula is C27H30N4O3. The summed E-state index contributed by atoms with van der Waals surface area (Å²) in [5.41, 5.74) is 5.86. The Labute approximate surface area is 199 Å². The summed E-state index contributed by atoms with van der Waals surface area (Å²) < 4.78 is 8.79. The number of nitrogens with zero attached hydrogens (tertiary/aromatic N) is 3. The number of nitrogens with one attached hydrogen (secondary N) is 1. The molecular weight excluding hydrogens is 428 g/mol. The fraction of sp³-hybridized carbons (Fsp3) is 0.296. The zero-order valence-electron chi connectivity index (χ0n) is 20.3. The van der Waals surface area contributed by atoms with E-state index in [2.05, 4.69) is 5.32 Å². The molecule has 0 spiro atoms. The van der Waals surface area contributed by atoms with Crippen LogP contribution < -0.4 is 15.6 Å². The lowest BCUT2D eigenvalue weighted by Crippen LogP contribution is -2.27. The van der Waals surface area contributed by atoms with E-state index < -0.39 is 0 Å². The molecule has 0 unspecified atom stereocenters. The summed E-state index contributed by atoms with van der Waals surface area (Å²) in [5, 5.41) is 8.66. The molecule has 0 bridgehead atoms. The fourth-order valence-corrected chi connectivity index (χ4v) is 4.47. The number of benzene rings is 2.